The largest absolute Gasteiger partial charge is 0.450 e. The summed E-state index contributed by atoms with van der Waals surface area (Å²) in [6.45, 7) is 4.37. The molecule has 0 bridgehead atoms. The lowest BCUT2D eigenvalue weighted by atomic mass is 9.85. The van der Waals surface area contributed by atoms with Gasteiger partial charge < -0.3 is 20.1 Å². The number of rotatable bonds is 1. The summed E-state index contributed by atoms with van der Waals surface area (Å²) >= 11 is 0. The van der Waals surface area contributed by atoms with E-state index in [1.54, 1.807) is 4.90 Å². The van der Waals surface area contributed by atoms with Crippen LogP contribution in [-0.2, 0) is 9.47 Å². The molecule has 2 N–H and O–H groups in total. The van der Waals surface area contributed by atoms with Crippen molar-refractivity contribution in [1.29, 1.82) is 0 Å². The number of hydrogen-bond acceptors (Lipinski definition) is 4. The topological polar surface area (TPSA) is 64.8 Å². The molecule has 2 aliphatic heterocycles. The van der Waals surface area contributed by atoms with Crippen LogP contribution in [0.4, 0.5) is 4.79 Å². The highest BCUT2D eigenvalue weighted by Gasteiger charge is 2.45. The molecule has 5 heteroatoms. The van der Waals surface area contributed by atoms with Crippen LogP contribution in [0.3, 0.4) is 0 Å². The van der Waals surface area contributed by atoms with Gasteiger partial charge in [-0.05, 0) is 26.2 Å². The lowest BCUT2D eigenvalue weighted by Crippen LogP contribution is -2.53. The van der Waals surface area contributed by atoms with Gasteiger partial charge in [0.05, 0.1) is 12.2 Å². The van der Waals surface area contributed by atoms with Gasteiger partial charge in [-0.2, -0.15) is 0 Å². The Labute approximate surface area is 95.9 Å². The Hall–Kier alpha value is -0.810. The minimum Gasteiger partial charge on any atom is -0.450 e. The summed E-state index contributed by atoms with van der Waals surface area (Å²) in [7, 11) is 0. The Balaban J connectivity index is 1.89. The van der Waals surface area contributed by atoms with Crippen LogP contribution in [0.5, 0.6) is 0 Å². The minimum absolute atomic E-state index is 0.122. The number of nitrogens with two attached hydrogens (primary N) is 1. The van der Waals surface area contributed by atoms with Gasteiger partial charge in [-0.15, -0.1) is 0 Å². The van der Waals surface area contributed by atoms with Crippen LogP contribution in [0.15, 0.2) is 0 Å². The van der Waals surface area contributed by atoms with Crippen molar-refractivity contribution in [3.05, 3.63) is 0 Å². The van der Waals surface area contributed by atoms with Crippen LogP contribution in [0.25, 0.3) is 0 Å². The molecular weight excluding hydrogens is 208 g/mol. The Bertz CT molecular complexity index is 262. The van der Waals surface area contributed by atoms with E-state index < -0.39 is 0 Å². The molecule has 92 valence electrons. The Morgan fingerprint density at radius 3 is 2.75 bits per heavy atom. The third kappa shape index (κ3) is 2.01. The highest BCUT2D eigenvalue weighted by atomic mass is 16.6. The first kappa shape index (κ1) is 11.7. The van der Waals surface area contributed by atoms with Crippen molar-refractivity contribution in [3.8, 4) is 0 Å². The third-order valence-corrected chi connectivity index (χ3v) is 3.63. The normalized spacial score (nSPS) is 28.4. The highest BCUT2D eigenvalue weighted by Crippen LogP contribution is 2.34. The van der Waals surface area contributed by atoms with Crippen LogP contribution in [0.2, 0.25) is 0 Å². The van der Waals surface area contributed by atoms with Gasteiger partial charge in [0.25, 0.3) is 0 Å². The highest BCUT2D eigenvalue weighted by molar-refractivity contribution is 5.67. The van der Waals surface area contributed by atoms with E-state index in [1.807, 2.05) is 6.92 Å². The van der Waals surface area contributed by atoms with E-state index in [2.05, 4.69) is 0 Å². The smallest absolute Gasteiger partial charge is 0.409 e. The Morgan fingerprint density at radius 1 is 1.56 bits per heavy atom. The van der Waals surface area contributed by atoms with Crippen LogP contribution < -0.4 is 5.73 Å². The SMILES string of the molecule is CCOC(=O)N1CCC2(CC1)OCCC2N. The number of likely N-dealkylation sites (tertiary alicyclic amines) is 1. The maximum Gasteiger partial charge on any atom is 0.409 e. The number of ether oxygens (including phenoxy) is 2. The molecule has 1 amide bonds. The van der Waals surface area contributed by atoms with Crippen molar-refractivity contribution < 1.29 is 14.3 Å². The number of amides is 1. The van der Waals surface area contributed by atoms with Gasteiger partial charge in [-0.25, -0.2) is 4.79 Å². The standard InChI is InChI=1S/C11H20N2O3/c1-2-15-10(14)13-6-4-11(5-7-13)9(12)3-8-16-11/h9H,2-8,12H2,1H3. The van der Waals surface area contributed by atoms with Gasteiger partial charge in [0.15, 0.2) is 0 Å². The summed E-state index contributed by atoms with van der Waals surface area (Å²) in [6.07, 6.45) is 2.36. The second-order valence-electron chi connectivity index (χ2n) is 4.49. The molecule has 2 heterocycles. The van der Waals surface area contributed by atoms with Gasteiger partial charge in [0.2, 0.25) is 0 Å². The summed E-state index contributed by atoms with van der Waals surface area (Å²) in [5, 5.41) is 0. The zero-order valence-electron chi connectivity index (χ0n) is 9.78. The van der Waals surface area contributed by atoms with Crippen molar-refractivity contribution in [1.82, 2.24) is 4.90 Å². The van der Waals surface area contributed by atoms with Crippen molar-refractivity contribution in [2.75, 3.05) is 26.3 Å². The first-order valence-electron chi connectivity index (χ1n) is 5.99. The second-order valence-corrected chi connectivity index (χ2v) is 4.49. The number of carbonyl (C=O) groups is 1. The summed E-state index contributed by atoms with van der Waals surface area (Å²) in [4.78, 5) is 13.3. The first-order chi connectivity index (χ1) is 7.68. The van der Waals surface area contributed by atoms with E-state index in [-0.39, 0.29) is 17.7 Å². The van der Waals surface area contributed by atoms with E-state index in [0.29, 0.717) is 19.7 Å². The van der Waals surface area contributed by atoms with Crippen LogP contribution in [0.1, 0.15) is 26.2 Å². The molecule has 2 rings (SSSR count). The average Bonchev–Trinajstić information content (AvgIpc) is 2.62. The van der Waals surface area contributed by atoms with E-state index in [4.69, 9.17) is 15.2 Å². The van der Waals surface area contributed by atoms with Crippen LogP contribution in [-0.4, -0.2) is 48.9 Å². The monoisotopic (exact) mass is 228 g/mol. The minimum atomic E-state index is -0.219. The fourth-order valence-electron chi connectivity index (χ4n) is 2.56. The van der Waals surface area contributed by atoms with Crippen molar-refractivity contribution in [2.24, 2.45) is 5.73 Å². The molecule has 1 unspecified atom stereocenters. The zero-order chi connectivity index (χ0) is 11.6. The summed E-state index contributed by atoms with van der Waals surface area (Å²) in [5.41, 5.74) is 5.89. The van der Waals surface area contributed by atoms with Gasteiger partial charge in [-0.1, -0.05) is 0 Å². The Kier molecular flexibility index (Phi) is 3.35. The van der Waals surface area contributed by atoms with E-state index in [0.717, 1.165) is 25.9 Å². The van der Waals surface area contributed by atoms with Gasteiger partial charge >= 0.3 is 6.09 Å². The second kappa shape index (κ2) is 4.59. The predicted octanol–water partition coefficient (Wildman–Crippen LogP) is 0.725. The lowest BCUT2D eigenvalue weighted by molar-refractivity contribution is -0.0486. The fourth-order valence-corrected chi connectivity index (χ4v) is 2.56. The molecule has 2 aliphatic rings. The summed E-state index contributed by atoms with van der Waals surface area (Å²) in [6, 6.07) is 0.122. The molecule has 0 aliphatic carbocycles. The van der Waals surface area contributed by atoms with Gasteiger partial charge in [0, 0.05) is 25.7 Å². The quantitative estimate of drug-likeness (QED) is 0.718. The van der Waals surface area contributed by atoms with Crippen LogP contribution >= 0.6 is 0 Å². The van der Waals surface area contributed by atoms with Crippen LogP contribution in [0, 0.1) is 0 Å². The van der Waals surface area contributed by atoms with E-state index in [9.17, 15) is 4.79 Å². The predicted molar refractivity (Wildman–Crippen MR) is 59.1 cm³/mol. The number of hydrogen-bond donors (Lipinski definition) is 1. The molecule has 1 atom stereocenters. The van der Waals surface area contributed by atoms with Crippen molar-refractivity contribution in [2.45, 2.75) is 37.8 Å². The molecule has 0 aromatic heterocycles. The number of carbonyl (C=O) groups excluding carboxylic acids is 1. The molecule has 0 aromatic carbocycles. The summed E-state index contributed by atoms with van der Waals surface area (Å²) < 4.78 is 10.8. The van der Waals surface area contributed by atoms with E-state index >= 15 is 0 Å². The maximum absolute atomic E-state index is 11.5. The fraction of sp³-hybridized carbons (Fsp3) is 0.909. The first-order valence-corrected chi connectivity index (χ1v) is 5.99. The average molecular weight is 228 g/mol. The Morgan fingerprint density at radius 2 is 2.25 bits per heavy atom. The van der Waals surface area contributed by atoms with Gasteiger partial charge in [0.1, 0.15) is 0 Å². The molecule has 0 aromatic rings. The van der Waals surface area contributed by atoms with E-state index in [1.165, 1.54) is 0 Å². The third-order valence-electron chi connectivity index (χ3n) is 3.63. The molecule has 16 heavy (non-hydrogen) atoms. The number of piperidine rings is 1. The van der Waals surface area contributed by atoms with Crippen molar-refractivity contribution >= 4 is 6.09 Å². The van der Waals surface area contributed by atoms with Crippen molar-refractivity contribution in [3.63, 3.8) is 0 Å². The molecule has 5 nitrogen and oxygen atoms in total. The molecule has 2 saturated heterocycles. The maximum atomic E-state index is 11.5. The molecular formula is C11H20N2O3. The number of nitrogens with zero attached hydrogens (tertiary/aromatic N) is 1. The van der Waals surface area contributed by atoms with Gasteiger partial charge in [-0.3, -0.25) is 0 Å². The zero-order valence-corrected chi connectivity index (χ0v) is 9.78. The molecule has 1 spiro atoms. The molecule has 0 radical (unpaired) electrons. The molecule has 0 saturated carbocycles. The lowest BCUT2D eigenvalue weighted by Gasteiger charge is -2.40. The molecule has 2 fully saturated rings. The summed E-state index contributed by atoms with van der Waals surface area (Å²) in [5.74, 6) is 0.